The Kier molecular flexibility index (Phi) is 7.52. The topological polar surface area (TPSA) is 212 Å². The molecular formula is C20H22F2N5O9P. The number of nitrogens with zero attached hydrogens (tertiary/aromatic N) is 4. The molecule has 17 heteroatoms. The zero-order valence-corrected chi connectivity index (χ0v) is 19.9. The normalized spacial score (nSPS) is 22.9. The van der Waals surface area contributed by atoms with Crippen LogP contribution in [0.25, 0.3) is 22.6 Å². The van der Waals surface area contributed by atoms with Crippen LogP contribution in [0.4, 0.5) is 14.6 Å². The second kappa shape index (κ2) is 10.3. The molecule has 14 nitrogen and oxygen atoms in total. The van der Waals surface area contributed by atoms with E-state index in [2.05, 4.69) is 19.7 Å². The number of nitrogen functional groups attached to an aromatic ring is 1. The van der Waals surface area contributed by atoms with E-state index in [1.165, 1.54) is 17.8 Å². The Morgan fingerprint density at radius 2 is 1.89 bits per heavy atom. The van der Waals surface area contributed by atoms with Crippen molar-refractivity contribution in [2.75, 3.05) is 18.9 Å². The predicted molar refractivity (Wildman–Crippen MR) is 119 cm³/mol. The number of imidazole rings is 1. The number of carbonyl (C=O) groups excluding carboxylic acids is 1. The second-order valence-electron chi connectivity index (χ2n) is 7.99. The third-order valence-electron chi connectivity index (χ3n) is 5.39. The van der Waals surface area contributed by atoms with Crippen molar-refractivity contribution in [1.29, 1.82) is 0 Å². The van der Waals surface area contributed by atoms with Crippen LogP contribution in [0.3, 0.4) is 0 Å². The van der Waals surface area contributed by atoms with Crippen molar-refractivity contribution in [1.82, 2.24) is 19.5 Å². The number of hydrogen-bond donors (Lipinski definition) is 5. The first-order valence-corrected chi connectivity index (χ1v) is 12.4. The van der Waals surface area contributed by atoms with Crippen LogP contribution in [0.5, 0.6) is 0 Å². The van der Waals surface area contributed by atoms with Crippen LogP contribution >= 0.6 is 7.60 Å². The molecule has 0 bridgehead atoms. The van der Waals surface area contributed by atoms with Gasteiger partial charge in [0.05, 0.1) is 19.5 Å². The molecule has 1 saturated heterocycles. The van der Waals surface area contributed by atoms with Gasteiger partial charge in [-0.1, -0.05) is 0 Å². The van der Waals surface area contributed by atoms with Crippen molar-refractivity contribution in [2.45, 2.75) is 37.3 Å². The lowest BCUT2D eigenvalue weighted by atomic mass is 10.1. The number of halogens is 2. The molecule has 2 aromatic heterocycles. The molecule has 0 spiro atoms. The van der Waals surface area contributed by atoms with Gasteiger partial charge in [-0.15, -0.1) is 0 Å². The quantitative estimate of drug-likeness (QED) is 0.187. The number of ether oxygens (including phenoxy) is 3. The van der Waals surface area contributed by atoms with E-state index in [0.29, 0.717) is 6.07 Å². The molecule has 0 radical (unpaired) electrons. The highest BCUT2D eigenvalue weighted by atomic mass is 31.2. The van der Waals surface area contributed by atoms with E-state index in [-0.39, 0.29) is 35.0 Å². The van der Waals surface area contributed by atoms with Crippen LogP contribution in [0.15, 0.2) is 24.5 Å². The molecule has 1 aliphatic heterocycles. The smallest absolute Gasteiger partial charge is 0.365 e. The highest BCUT2D eigenvalue weighted by molar-refractivity contribution is 7.53. The minimum Gasteiger partial charge on any atom is -0.464 e. The van der Waals surface area contributed by atoms with Gasteiger partial charge in [0.25, 0.3) is 5.85 Å². The summed E-state index contributed by atoms with van der Waals surface area (Å²) in [5.41, 5.74) is 5.97. The number of benzene rings is 1. The maximum Gasteiger partial charge on any atom is 0.365 e. The summed E-state index contributed by atoms with van der Waals surface area (Å²) in [6.45, 7) is 0.563. The number of nitrogens with two attached hydrogens (primary N) is 1. The fourth-order valence-electron chi connectivity index (χ4n) is 3.74. The number of rotatable bonds is 8. The van der Waals surface area contributed by atoms with E-state index < -0.39 is 62.2 Å². The Bertz CT molecular complexity index is 1350. The molecule has 0 amide bonds. The molecule has 3 heterocycles. The van der Waals surface area contributed by atoms with E-state index in [9.17, 15) is 38.1 Å². The van der Waals surface area contributed by atoms with Gasteiger partial charge in [-0.25, -0.2) is 28.5 Å². The Morgan fingerprint density at radius 1 is 1.22 bits per heavy atom. The predicted octanol–water partition coefficient (Wildman–Crippen LogP) is 0.0564. The van der Waals surface area contributed by atoms with Crippen molar-refractivity contribution in [2.24, 2.45) is 0 Å². The summed E-state index contributed by atoms with van der Waals surface area (Å²) in [7, 11) is -5.09. The van der Waals surface area contributed by atoms with E-state index >= 15 is 0 Å². The van der Waals surface area contributed by atoms with Crippen LogP contribution in [0, 0.1) is 11.6 Å². The van der Waals surface area contributed by atoms with Gasteiger partial charge in [-0.3, -0.25) is 9.13 Å². The van der Waals surface area contributed by atoms with E-state index in [0.717, 1.165) is 12.1 Å². The molecule has 1 fully saturated rings. The fourth-order valence-corrected chi connectivity index (χ4v) is 4.36. The number of aliphatic hydroxyl groups is 2. The molecule has 4 rings (SSSR count). The third-order valence-corrected chi connectivity index (χ3v) is 6.36. The molecule has 0 saturated carbocycles. The molecule has 5 atom stereocenters. The van der Waals surface area contributed by atoms with E-state index in [1.54, 1.807) is 0 Å². The molecular weight excluding hydrogens is 523 g/mol. The average Bonchev–Trinajstić information content (AvgIpc) is 3.34. The number of hydrogen-bond acceptors (Lipinski definition) is 11. The molecule has 37 heavy (non-hydrogen) atoms. The number of anilines is 1. The van der Waals surface area contributed by atoms with Gasteiger partial charge in [0, 0.05) is 11.6 Å². The second-order valence-corrected chi connectivity index (χ2v) is 9.63. The van der Waals surface area contributed by atoms with Gasteiger partial charge < -0.3 is 39.9 Å². The van der Waals surface area contributed by atoms with Crippen LogP contribution in [0.1, 0.15) is 13.2 Å². The van der Waals surface area contributed by atoms with E-state index in [1.807, 2.05) is 0 Å². The molecule has 1 aromatic carbocycles. The van der Waals surface area contributed by atoms with Gasteiger partial charge in [-0.2, -0.15) is 0 Å². The summed E-state index contributed by atoms with van der Waals surface area (Å²) in [6, 6.07) is 2.65. The summed E-state index contributed by atoms with van der Waals surface area (Å²) >= 11 is 0. The van der Waals surface area contributed by atoms with Crippen LogP contribution in [-0.2, 0) is 23.6 Å². The summed E-state index contributed by atoms with van der Waals surface area (Å²) in [5, 5.41) is 21.1. The van der Waals surface area contributed by atoms with E-state index in [4.69, 9.17) is 15.2 Å². The van der Waals surface area contributed by atoms with Gasteiger partial charge in [-0.05, 0) is 19.1 Å². The summed E-state index contributed by atoms with van der Waals surface area (Å²) in [4.78, 5) is 43.0. The first kappa shape index (κ1) is 26.9. The SMILES string of the molecule is CCOC(=O)C(OC[C@H]1O[C@@H](n2cnc3c(N)nc(-c4cc(F)cc(F)c4)nc32)[C@H](O)[C@@H]1O)P(=O)(O)O. The lowest BCUT2D eigenvalue weighted by Crippen LogP contribution is -2.36. The molecule has 1 aliphatic rings. The zero-order chi connectivity index (χ0) is 27.1. The van der Waals surface area contributed by atoms with Crippen molar-refractivity contribution >= 4 is 30.5 Å². The first-order chi connectivity index (χ1) is 17.4. The molecule has 1 unspecified atom stereocenters. The highest BCUT2D eigenvalue weighted by Gasteiger charge is 2.46. The maximum absolute atomic E-state index is 13.7. The van der Waals surface area contributed by atoms with Gasteiger partial charge in [0.1, 0.15) is 35.5 Å². The number of carbonyl (C=O) groups is 1. The van der Waals surface area contributed by atoms with Crippen molar-refractivity contribution in [3.8, 4) is 11.4 Å². The Morgan fingerprint density at radius 3 is 2.51 bits per heavy atom. The summed E-state index contributed by atoms with van der Waals surface area (Å²) in [6.07, 6.45) is -4.77. The largest absolute Gasteiger partial charge is 0.464 e. The zero-order valence-electron chi connectivity index (χ0n) is 19.0. The summed E-state index contributed by atoms with van der Waals surface area (Å²) < 4.78 is 55.5. The summed E-state index contributed by atoms with van der Waals surface area (Å²) in [5.74, 6) is -5.62. The number of fused-ring (bicyclic) bond motifs is 1. The Hall–Kier alpha value is -3.11. The van der Waals surface area contributed by atoms with Gasteiger partial charge in [0.15, 0.2) is 23.5 Å². The monoisotopic (exact) mass is 545 g/mol. The third kappa shape index (κ3) is 5.45. The Labute approximate surface area is 206 Å². The maximum atomic E-state index is 13.7. The Balaban J connectivity index is 1.61. The number of aliphatic hydroxyl groups excluding tert-OH is 2. The van der Waals surface area contributed by atoms with Crippen LogP contribution in [0.2, 0.25) is 0 Å². The first-order valence-electron chi connectivity index (χ1n) is 10.7. The fraction of sp³-hybridized carbons (Fsp3) is 0.400. The standard InChI is InChI=1S/C20H22F2N5O9P/c1-2-34-19(30)20(37(31,32)33)35-6-11-13(28)14(29)18(36-11)27-7-24-12-15(23)25-16(26-17(12)27)8-3-9(21)5-10(22)4-8/h3-5,7,11,13-14,18,20,28-29H,2,6H2,1H3,(H2,23,25,26)(H2,31,32,33)/t11-,13-,14-,18-,20?/m1/s1. The van der Waals surface area contributed by atoms with Crippen LogP contribution in [-0.4, -0.2) is 82.9 Å². The van der Waals surface area contributed by atoms with Gasteiger partial charge >= 0.3 is 13.6 Å². The van der Waals surface area contributed by atoms with Gasteiger partial charge in [0.2, 0.25) is 0 Å². The minimum atomic E-state index is -5.09. The number of aromatic nitrogens is 4. The highest BCUT2D eigenvalue weighted by Crippen LogP contribution is 2.43. The van der Waals surface area contributed by atoms with Crippen LogP contribution < -0.4 is 5.73 Å². The van der Waals surface area contributed by atoms with Crippen molar-refractivity contribution < 1.29 is 52.4 Å². The molecule has 6 N–H and O–H groups in total. The molecule has 3 aromatic rings. The average molecular weight is 545 g/mol. The lowest BCUT2D eigenvalue weighted by molar-refractivity contribution is -0.155. The van der Waals surface area contributed by atoms with Crippen molar-refractivity contribution in [3.63, 3.8) is 0 Å². The minimum absolute atomic E-state index is 0.00962. The molecule has 0 aliphatic carbocycles. The molecule has 200 valence electrons. The lowest BCUT2D eigenvalue weighted by Gasteiger charge is -2.20. The van der Waals surface area contributed by atoms with Crippen molar-refractivity contribution in [3.05, 3.63) is 36.2 Å². The number of esters is 1.